The van der Waals surface area contributed by atoms with Crippen LogP contribution in [0.1, 0.15) is 36.8 Å². The predicted octanol–water partition coefficient (Wildman–Crippen LogP) is 1.29. The molecule has 0 saturated carbocycles. The number of hydrogen-bond acceptors (Lipinski definition) is 8. The van der Waals surface area contributed by atoms with E-state index in [4.69, 9.17) is 4.74 Å². The molecular formula is C26H30N2O7S. The number of likely N-dealkylation sites (N-methyl/N-ethyl adjacent to an activating group) is 1. The molecule has 36 heavy (non-hydrogen) atoms. The largest absolute Gasteiger partial charge is 0.504 e. The summed E-state index contributed by atoms with van der Waals surface area (Å²) in [6, 6.07) is 3.40. The van der Waals surface area contributed by atoms with Crippen molar-refractivity contribution in [3.63, 3.8) is 0 Å². The second kappa shape index (κ2) is 7.72. The Bertz CT molecular complexity index is 1200. The number of imide groups is 1. The van der Waals surface area contributed by atoms with Crippen LogP contribution in [0.25, 0.3) is 0 Å². The summed E-state index contributed by atoms with van der Waals surface area (Å²) >= 11 is 1.40. The summed E-state index contributed by atoms with van der Waals surface area (Å²) < 4.78 is 6.67. The Morgan fingerprint density at radius 1 is 1.25 bits per heavy atom. The van der Waals surface area contributed by atoms with E-state index in [9.17, 15) is 29.7 Å². The summed E-state index contributed by atoms with van der Waals surface area (Å²) in [5.74, 6) is -2.41. The lowest BCUT2D eigenvalue weighted by atomic mass is 9.44. The van der Waals surface area contributed by atoms with Gasteiger partial charge in [0.1, 0.15) is 6.10 Å². The fourth-order valence-corrected chi connectivity index (χ4v) is 8.59. The van der Waals surface area contributed by atoms with Crippen LogP contribution in [0, 0.1) is 5.92 Å². The Hall–Kier alpha value is -2.56. The molecule has 2 amide bonds. The Balaban J connectivity index is 1.74. The van der Waals surface area contributed by atoms with E-state index in [0.29, 0.717) is 30.7 Å². The number of carbonyl (C=O) groups is 3. The average Bonchev–Trinajstić information content (AvgIpc) is 3.35. The number of aliphatic hydroxyl groups is 1. The third-order valence-corrected chi connectivity index (χ3v) is 10.0. The molecule has 3 heterocycles. The zero-order valence-corrected chi connectivity index (χ0v) is 21.1. The van der Waals surface area contributed by atoms with Crippen LogP contribution in [0.5, 0.6) is 11.5 Å². The van der Waals surface area contributed by atoms with Gasteiger partial charge in [-0.05, 0) is 56.5 Å². The van der Waals surface area contributed by atoms with Crippen LogP contribution in [-0.2, 0) is 26.2 Å². The highest BCUT2D eigenvalue weighted by Crippen LogP contribution is 2.70. The third-order valence-electron chi connectivity index (χ3n) is 9.42. The van der Waals surface area contributed by atoms with Crippen LogP contribution in [0.2, 0.25) is 0 Å². The minimum atomic E-state index is -2.18. The lowest BCUT2D eigenvalue weighted by molar-refractivity contribution is -0.214. The van der Waals surface area contributed by atoms with Gasteiger partial charge in [0.05, 0.1) is 5.41 Å². The quantitative estimate of drug-likeness (QED) is 0.380. The number of carbonyl (C=O) groups excluding carboxylic acids is 2. The number of benzene rings is 1. The van der Waals surface area contributed by atoms with Crippen molar-refractivity contribution in [1.29, 1.82) is 0 Å². The molecule has 5 aliphatic rings. The van der Waals surface area contributed by atoms with Gasteiger partial charge < -0.3 is 25.0 Å². The van der Waals surface area contributed by atoms with Gasteiger partial charge in [-0.15, -0.1) is 0 Å². The van der Waals surface area contributed by atoms with Crippen LogP contribution >= 0.6 is 11.8 Å². The zero-order chi connectivity index (χ0) is 25.6. The molecule has 2 fully saturated rings. The molecule has 3 aliphatic heterocycles. The molecule has 0 unspecified atom stereocenters. The highest BCUT2D eigenvalue weighted by Gasteiger charge is 2.82. The number of thioether (sulfide) groups is 1. The molecule has 2 saturated heterocycles. The predicted molar refractivity (Wildman–Crippen MR) is 131 cm³/mol. The van der Waals surface area contributed by atoms with Crippen molar-refractivity contribution in [3.05, 3.63) is 35.4 Å². The number of likely N-dealkylation sites (tertiary alicyclic amines) is 2. The number of nitrogens with zero attached hydrogens (tertiary/aromatic N) is 2. The van der Waals surface area contributed by atoms with E-state index < -0.39 is 40.4 Å². The van der Waals surface area contributed by atoms with Gasteiger partial charge in [0.2, 0.25) is 11.8 Å². The zero-order valence-electron chi connectivity index (χ0n) is 20.3. The van der Waals surface area contributed by atoms with Crippen LogP contribution < -0.4 is 4.74 Å². The van der Waals surface area contributed by atoms with E-state index >= 15 is 0 Å². The summed E-state index contributed by atoms with van der Waals surface area (Å²) in [7, 11) is 2.03. The molecule has 1 aromatic rings. The maximum atomic E-state index is 13.6. The van der Waals surface area contributed by atoms with Crippen molar-refractivity contribution in [2.24, 2.45) is 5.92 Å². The van der Waals surface area contributed by atoms with Crippen LogP contribution in [0.3, 0.4) is 0 Å². The minimum Gasteiger partial charge on any atom is -0.504 e. The van der Waals surface area contributed by atoms with Crippen molar-refractivity contribution in [1.82, 2.24) is 9.80 Å². The lowest BCUT2D eigenvalue weighted by Gasteiger charge is -2.65. The normalized spacial score (nSPS) is 36.0. The van der Waals surface area contributed by atoms with E-state index in [1.165, 1.54) is 11.8 Å². The van der Waals surface area contributed by atoms with Crippen LogP contribution in [0.15, 0.2) is 24.3 Å². The Morgan fingerprint density at radius 2 is 1.97 bits per heavy atom. The molecule has 1 spiro atoms. The minimum absolute atomic E-state index is 0.00509. The maximum absolute atomic E-state index is 13.6. The van der Waals surface area contributed by atoms with Gasteiger partial charge in [0, 0.05) is 30.4 Å². The summed E-state index contributed by atoms with van der Waals surface area (Å²) in [5, 5.41) is 33.9. The maximum Gasteiger partial charge on any atom is 0.334 e. The topological polar surface area (TPSA) is 128 Å². The van der Waals surface area contributed by atoms with E-state index in [1.54, 1.807) is 12.1 Å². The first-order chi connectivity index (χ1) is 17.2. The fourth-order valence-electron chi connectivity index (χ4n) is 8.09. The van der Waals surface area contributed by atoms with E-state index in [2.05, 4.69) is 4.90 Å². The summed E-state index contributed by atoms with van der Waals surface area (Å²) in [6.45, 7) is 0.613. The Kier molecular flexibility index (Phi) is 5.11. The summed E-state index contributed by atoms with van der Waals surface area (Å²) in [5.41, 5.74) is -3.49. The number of piperidine rings is 1. The highest BCUT2D eigenvalue weighted by atomic mass is 32.2. The van der Waals surface area contributed by atoms with Crippen molar-refractivity contribution in [3.8, 4) is 11.5 Å². The average molecular weight is 515 g/mol. The molecule has 6 rings (SSSR count). The van der Waals surface area contributed by atoms with E-state index in [1.807, 2.05) is 25.4 Å². The molecule has 1 aromatic carbocycles. The van der Waals surface area contributed by atoms with Gasteiger partial charge in [-0.1, -0.05) is 18.2 Å². The second-order valence-electron chi connectivity index (χ2n) is 10.6. The molecule has 10 heteroatoms. The number of aliphatic carboxylic acids is 1. The first kappa shape index (κ1) is 23.8. The van der Waals surface area contributed by atoms with Gasteiger partial charge in [0.25, 0.3) is 0 Å². The molecule has 192 valence electrons. The molecule has 9 nitrogen and oxygen atoms in total. The fraction of sp³-hybridized carbons (Fsp3) is 0.577. The first-order valence-electron chi connectivity index (χ1n) is 12.4. The number of aromatic hydroxyl groups is 1. The SMILES string of the molecule is CSCC[C@](C(=O)O)(N1C(=O)CCC1=O)[C@@]12Oc3c(O)ccc4c3[C@@]13CCN(C)[C@H](C4)[C@@H]3C=C[C@@H]2O. The van der Waals surface area contributed by atoms with Crippen molar-refractivity contribution in [2.45, 2.75) is 60.8 Å². The highest BCUT2D eigenvalue weighted by molar-refractivity contribution is 7.98. The lowest BCUT2D eigenvalue weighted by Crippen LogP contribution is -2.84. The van der Waals surface area contributed by atoms with Crippen molar-refractivity contribution in [2.75, 3.05) is 25.6 Å². The number of ether oxygens (including phenoxy) is 1. The molecule has 2 bridgehead atoms. The van der Waals surface area contributed by atoms with Gasteiger partial charge in [-0.25, -0.2) is 4.79 Å². The number of carboxylic acid groups (broad SMARTS) is 1. The number of aliphatic hydroxyl groups excluding tert-OH is 1. The van der Waals surface area contributed by atoms with Gasteiger partial charge in [0.15, 0.2) is 22.6 Å². The van der Waals surface area contributed by atoms with E-state index in [0.717, 1.165) is 10.5 Å². The number of phenolic OH excluding ortho intramolecular Hbond substituents is 1. The monoisotopic (exact) mass is 514 g/mol. The molecule has 6 atom stereocenters. The molecule has 2 aliphatic carbocycles. The number of hydrogen-bond donors (Lipinski definition) is 3. The molecule has 0 aromatic heterocycles. The molecule has 3 N–H and O–H groups in total. The second-order valence-corrected chi connectivity index (χ2v) is 11.6. The van der Waals surface area contributed by atoms with Crippen LogP contribution in [0.4, 0.5) is 0 Å². The van der Waals surface area contributed by atoms with Gasteiger partial charge in [-0.2, -0.15) is 11.8 Å². The number of carboxylic acids is 1. The van der Waals surface area contributed by atoms with Gasteiger partial charge in [-0.3, -0.25) is 14.5 Å². The number of rotatable bonds is 6. The third kappa shape index (κ3) is 2.48. The van der Waals surface area contributed by atoms with Crippen molar-refractivity contribution >= 4 is 29.5 Å². The first-order valence-corrected chi connectivity index (χ1v) is 13.8. The smallest absolute Gasteiger partial charge is 0.334 e. The Labute approximate surface area is 213 Å². The number of amides is 2. The standard InChI is InChI=1S/C26H30N2O7S/c1-27-11-9-24-15-4-6-18(30)26(24,35-22-17(29)5-3-14(21(22)24)13-16(15)27)25(23(33)34,10-12-36-2)28-19(31)7-8-20(28)32/h3-6,15-16,18,29-30H,7-13H2,1-2H3,(H,33,34)/t15-,16+,18-,24-,25+,26-/m0/s1. The van der Waals surface area contributed by atoms with Gasteiger partial charge >= 0.3 is 5.97 Å². The summed E-state index contributed by atoms with van der Waals surface area (Å²) in [6.07, 6.45) is 4.78. The summed E-state index contributed by atoms with van der Waals surface area (Å²) in [4.78, 5) is 43.3. The molecule has 0 radical (unpaired) electrons. The van der Waals surface area contributed by atoms with Crippen LogP contribution in [-0.4, -0.2) is 91.8 Å². The van der Waals surface area contributed by atoms with Crippen molar-refractivity contribution < 1.29 is 34.4 Å². The molecular weight excluding hydrogens is 484 g/mol. The van der Waals surface area contributed by atoms with E-state index in [-0.39, 0.29) is 42.7 Å². The number of phenols is 1. The Morgan fingerprint density at radius 3 is 2.64 bits per heavy atom.